The lowest BCUT2D eigenvalue weighted by Gasteiger charge is -2.47. The number of hydrogen-bond donors (Lipinski definition) is 1. The zero-order valence-corrected chi connectivity index (χ0v) is 14.5. The summed E-state index contributed by atoms with van der Waals surface area (Å²) in [7, 11) is 0. The highest BCUT2D eigenvalue weighted by molar-refractivity contribution is 6.04. The van der Waals surface area contributed by atoms with Gasteiger partial charge in [0.25, 0.3) is 0 Å². The van der Waals surface area contributed by atoms with E-state index in [1.54, 1.807) is 17.0 Å². The quantitative estimate of drug-likeness (QED) is 0.679. The van der Waals surface area contributed by atoms with E-state index in [1.165, 1.54) is 12.1 Å². The molecule has 1 aliphatic heterocycles. The molecule has 2 aliphatic carbocycles. The molecule has 3 aliphatic rings. The van der Waals surface area contributed by atoms with Crippen molar-refractivity contribution in [2.24, 2.45) is 5.92 Å². The maximum atomic E-state index is 13.3. The lowest BCUT2D eigenvalue weighted by molar-refractivity contribution is -0.138. The van der Waals surface area contributed by atoms with E-state index in [4.69, 9.17) is 5.11 Å². The van der Waals surface area contributed by atoms with Crippen LogP contribution in [-0.2, 0) is 9.59 Å². The maximum absolute atomic E-state index is 13.3. The van der Waals surface area contributed by atoms with Crippen LogP contribution in [0.3, 0.4) is 0 Å². The van der Waals surface area contributed by atoms with Gasteiger partial charge in [-0.05, 0) is 47.4 Å². The fourth-order valence-electron chi connectivity index (χ4n) is 3.85. The summed E-state index contributed by atoms with van der Waals surface area (Å²) < 4.78 is 13.3. The standard InChI is InChI=1S/C22H18FNO3/c23-15-7-9-16(10-8-15)24-21(19(22(24)27)12-13-20(25)26)18-11-6-14-4-2-1-3-5-17(14)18/h1-11,19,21H,12-13H2,(H,25,26)/t19-,21-/m1/s1. The van der Waals surface area contributed by atoms with E-state index in [0.717, 1.165) is 16.7 Å². The molecule has 1 heterocycles. The molecule has 1 saturated heterocycles. The molecule has 1 amide bonds. The largest absolute Gasteiger partial charge is 0.481 e. The van der Waals surface area contributed by atoms with Crippen LogP contribution in [0.2, 0.25) is 0 Å². The number of carbonyl (C=O) groups excluding carboxylic acids is 1. The first-order chi connectivity index (χ1) is 13.1. The van der Waals surface area contributed by atoms with Gasteiger partial charge in [0.1, 0.15) is 5.82 Å². The molecule has 1 N–H and O–H groups in total. The van der Waals surface area contributed by atoms with Crippen molar-refractivity contribution in [3.63, 3.8) is 0 Å². The Hall–Kier alpha value is -3.21. The summed E-state index contributed by atoms with van der Waals surface area (Å²) in [4.78, 5) is 25.5. The minimum absolute atomic E-state index is 0.0589. The van der Waals surface area contributed by atoms with Gasteiger partial charge in [-0.3, -0.25) is 9.59 Å². The zero-order valence-electron chi connectivity index (χ0n) is 14.5. The van der Waals surface area contributed by atoms with Crippen molar-refractivity contribution >= 4 is 17.6 Å². The molecule has 136 valence electrons. The Morgan fingerprint density at radius 2 is 1.74 bits per heavy atom. The average Bonchev–Trinajstić information content (AvgIpc) is 2.87. The normalized spacial score (nSPS) is 19.1. The van der Waals surface area contributed by atoms with Gasteiger partial charge in [0.05, 0.1) is 12.0 Å². The van der Waals surface area contributed by atoms with Crippen molar-refractivity contribution in [3.8, 4) is 11.1 Å². The zero-order chi connectivity index (χ0) is 19.0. The number of fused-ring (bicyclic) bond motifs is 1. The molecule has 0 bridgehead atoms. The van der Waals surface area contributed by atoms with Crippen molar-refractivity contribution in [2.45, 2.75) is 18.9 Å². The summed E-state index contributed by atoms with van der Waals surface area (Å²) in [6, 6.07) is 19.4. The molecule has 1 fully saturated rings. The topological polar surface area (TPSA) is 57.6 Å². The highest BCUT2D eigenvalue weighted by Crippen LogP contribution is 2.48. The van der Waals surface area contributed by atoms with Crippen molar-refractivity contribution in [1.82, 2.24) is 0 Å². The predicted molar refractivity (Wildman–Crippen MR) is 100 cm³/mol. The number of aliphatic carboxylic acids is 1. The van der Waals surface area contributed by atoms with Crippen LogP contribution in [0.15, 0.2) is 66.7 Å². The lowest BCUT2D eigenvalue weighted by atomic mass is 9.78. The summed E-state index contributed by atoms with van der Waals surface area (Å²) in [6.45, 7) is 0. The Kier molecular flexibility index (Phi) is 4.36. The van der Waals surface area contributed by atoms with Crippen LogP contribution >= 0.6 is 0 Å². The molecule has 5 heteroatoms. The van der Waals surface area contributed by atoms with Gasteiger partial charge in [-0.1, -0.05) is 42.5 Å². The monoisotopic (exact) mass is 363 g/mol. The van der Waals surface area contributed by atoms with E-state index in [2.05, 4.69) is 0 Å². The first-order valence-electron chi connectivity index (χ1n) is 8.84. The molecule has 0 unspecified atom stereocenters. The molecule has 0 radical (unpaired) electrons. The first-order valence-corrected chi connectivity index (χ1v) is 8.84. The average molecular weight is 363 g/mol. The summed E-state index contributed by atoms with van der Waals surface area (Å²) >= 11 is 0. The minimum Gasteiger partial charge on any atom is -0.481 e. The third-order valence-corrected chi connectivity index (χ3v) is 5.13. The molecular formula is C22H18FNO3. The van der Waals surface area contributed by atoms with Crippen LogP contribution < -0.4 is 4.90 Å². The van der Waals surface area contributed by atoms with E-state index in [0.29, 0.717) is 5.69 Å². The third-order valence-electron chi connectivity index (χ3n) is 5.13. The minimum atomic E-state index is -0.916. The van der Waals surface area contributed by atoms with Crippen molar-refractivity contribution in [2.75, 3.05) is 4.90 Å². The van der Waals surface area contributed by atoms with E-state index in [9.17, 15) is 14.0 Å². The molecule has 27 heavy (non-hydrogen) atoms. The lowest BCUT2D eigenvalue weighted by Crippen LogP contribution is -2.55. The van der Waals surface area contributed by atoms with E-state index < -0.39 is 11.9 Å². The fraction of sp³-hybridized carbons (Fsp3) is 0.182. The van der Waals surface area contributed by atoms with Gasteiger partial charge in [-0.15, -0.1) is 0 Å². The number of halogens is 1. The Balaban J connectivity index is 1.74. The molecule has 2 atom stereocenters. The summed E-state index contributed by atoms with van der Waals surface area (Å²) in [5, 5.41) is 9.04. The highest BCUT2D eigenvalue weighted by atomic mass is 19.1. The van der Waals surface area contributed by atoms with Crippen molar-refractivity contribution < 1.29 is 19.1 Å². The predicted octanol–water partition coefficient (Wildman–Crippen LogP) is 4.50. The molecular weight excluding hydrogens is 345 g/mol. The summed E-state index contributed by atoms with van der Waals surface area (Å²) in [6.07, 6.45) is 0.221. The molecule has 1 aromatic rings. The Morgan fingerprint density at radius 1 is 1.00 bits per heavy atom. The number of carbonyl (C=O) groups is 2. The molecule has 4 rings (SSSR count). The Bertz CT molecular complexity index is 969. The van der Waals surface area contributed by atoms with Crippen LogP contribution in [-0.4, -0.2) is 17.0 Å². The van der Waals surface area contributed by atoms with Crippen LogP contribution in [0, 0.1) is 11.7 Å². The van der Waals surface area contributed by atoms with Gasteiger partial charge >= 0.3 is 5.97 Å². The van der Waals surface area contributed by atoms with Crippen molar-refractivity contribution in [3.05, 3.63) is 78.1 Å². The van der Waals surface area contributed by atoms with Crippen molar-refractivity contribution in [1.29, 1.82) is 0 Å². The van der Waals surface area contributed by atoms with Crippen LogP contribution in [0.4, 0.5) is 10.1 Å². The second kappa shape index (κ2) is 6.83. The van der Waals surface area contributed by atoms with E-state index >= 15 is 0 Å². The van der Waals surface area contributed by atoms with Gasteiger partial charge < -0.3 is 10.0 Å². The number of amides is 1. The van der Waals surface area contributed by atoms with E-state index in [1.807, 2.05) is 42.5 Å². The number of rotatable bonds is 5. The van der Waals surface area contributed by atoms with Gasteiger partial charge in [0.2, 0.25) is 5.91 Å². The van der Waals surface area contributed by atoms with Gasteiger partial charge in [-0.25, -0.2) is 4.39 Å². The number of carboxylic acids is 1. The molecule has 4 nitrogen and oxygen atoms in total. The number of nitrogens with zero attached hydrogens (tertiary/aromatic N) is 1. The SMILES string of the molecule is O=C(O)CC[C@H]1C(=O)N(c2ccc(F)cc2)[C@@H]1c1ccc2cccccc1-2. The smallest absolute Gasteiger partial charge is 0.303 e. The number of benzene rings is 1. The highest BCUT2D eigenvalue weighted by Gasteiger charge is 2.49. The van der Waals surface area contributed by atoms with Gasteiger partial charge in [-0.2, -0.15) is 0 Å². The second-order valence-electron chi connectivity index (χ2n) is 6.74. The fourth-order valence-corrected chi connectivity index (χ4v) is 3.85. The van der Waals surface area contributed by atoms with Crippen LogP contribution in [0.5, 0.6) is 0 Å². The van der Waals surface area contributed by atoms with Crippen LogP contribution in [0.1, 0.15) is 24.4 Å². The van der Waals surface area contributed by atoms with Gasteiger partial charge in [0.15, 0.2) is 0 Å². The molecule has 0 aromatic heterocycles. The summed E-state index contributed by atoms with van der Waals surface area (Å²) in [5.74, 6) is -1.80. The maximum Gasteiger partial charge on any atom is 0.303 e. The number of hydrogen-bond acceptors (Lipinski definition) is 2. The Labute approximate surface area is 156 Å². The molecule has 0 spiro atoms. The molecule has 1 aromatic carbocycles. The van der Waals surface area contributed by atoms with Crippen LogP contribution in [0.25, 0.3) is 11.1 Å². The third kappa shape index (κ3) is 3.05. The Morgan fingerprint density at radius 3 is 2.48 bits per heavy atom. The number of carboxylic acid groups (broad SMARTS) is 1. The number of β-lactam (4-membered cyclic amide) rings is 1. The van der Waals surface area contributed by atoms with E-state index in [-0.39, 0.29) is 30.6 Å². The number of anilines is 1. The van der Waals surface area contributed by atoms with Gasteiger partial charge in [0, 0.05) is 12.1 Å². The summed E-state index contributed by atoms with van der Waals surface area (Å²) in [5.41, 5.74) is 3.70. The second-order valence-corrected chi connectivity index (χ2v) is 6.74. The molecule has 0 saturated carbocycles. The first kappa shape index (κ1) is 17.2.